The van der Waals surface area contributed by atoms with Crippen molar-refractivity contribution in [3.63, 3.8) is 0 Å². The van der Waals surface area contributed by atoms with Crippen LogP contribution in [0.3, 0.4) is 0 Å². The SMILES string of the molecule is CC1=CC(C)CC(C(O)C2=CCCCCC2)C1. The molecule has 0 spiro atoms. The van der Waals surface area contributed by atoms with Gasteiger partial charge in [-0.1, -0.05) is 31.1 Å². The largest absolute Gasteiger partial charge is 0.388 e. The topological polar surface area (TPSA) is 20.2 Å². The summed E-state index contributed by atoms with van der Waals surface area (Å²) in [5.41, 5.74) is 2.79. The zero-order valence-corrected chi connectivity index (χ0v) is 11.3. The Hall–Kier alpha value is -0.560. The second-order valence-corrected chi connectivity index (χ2v) is 6.01. The lowest BCUT2D eigenvalue weighted by molar-refractivity contribution is 0.121. The van der Waals surface area contributed by atoms with Crippen molar-refractivity contribution < 1.29 is 5.11 Å². The fourth-order valence-electron chi connectivity index (χ4n) is 3.45. The van der Waals surface area contributed by atoms with E-state index in [0.717, 1.165) is 19.3 Å². The average molecular weight is 234 g/mol. The van der Waals surface area contributed by atoms with Gasteiger partial charge in [-0.25, -0.2) is 0 Å². The molecule has 0 aliphatic heterocycles. The molecule has 3 unspecified atom stereocenters. The quantitative estimate of drug-likeness (QED) is 0.709. The van der Waals surface area contributed by atoms with Crippen LogP contribution in [-0.4, -0.2) is 11.2 Å². The van der Waals surface area contributed by atoms with Crippen LogP contribution in [0.2, 0.25) is 0 Å². The molecule has 0 saturated heterocycles. The van der Waals surface area contributed by atoms with E-state index in [0.29, 0.717) is 11.8 Å². The van der Waals surface area contributed by atoms with Gasteiger partial charge in [-0.3, -0.25) is 0 Å². The van der Waals surface area contributed by atoms with Crippen LogP contribution in [0.1, 0.15) is 58.8 Å². The molecule has 0 saturated carbocycles. The van der Waals surface area contributed by atoms with Crippen LogP contribution in [0.25, 0.3) is 0 Å². The van der Waals surface area contributed by atoms with Crippen LogP contribution in [-0.2, 0) is 0 Å². The minimum atomic E-state index is -0.181. The lowest BCUT2D eigenvalue weighted by atomic mass is 9.78. The van der Waals surface area contributed by atoms with E-state index in [1.165, 1.54) is 36.8 Å². The fourth-order valence-corrected chi connectivity index (χ4v) is 3.45. The molecule has 0 aromatic heterocycles. The first kappa shape index (κ1) is 12.9. The first-order valence-electron chi connectivity index (χ1n) is 7.21. The predicted molar refractivity (Wildman–Crippen MR) is 72.8 cm³/mol. The Balaban J connectivity index is 2.01. The summed E-state index contributed by atoms with van der Waals surface area (Å²) in [5.74, 6) is 1.09. The molecule has 0 fully saturated rings. The van der Waals surface area contributed by atoms with E-state index in [2.05, 4.69) is 26.0 Å². The van der Waals surface area contributed by atoms with Gasteiger partial charge in [-0.2, -0.15) is 0 Å². The van der Waals surface area contributed by atoms with E-state index >= 15 is 0 Å². The highest BCUT2D eigenvalue weighted by molar-refractivity contribution is 5.15. The molecule has 0 aromatic carbocycles. The molecule has 1 N–H and O–H groups in total. The Morgan fingerprint density at radius 2 is 2.12 bits per heavy atom. The molecule has 96 valence electrons. The van der Waals surface area contributed by atoms with Crippen molar-refractivity contribution in [2.24, 2.45) is 11.8 Å². The maximum absolute atomic E-state index is 10.6. The molecular weight excluding hydrogens is 208 g/mol. The second-order valence-electron chi connectivity index (χ2n) is 6.01. The van der Waals surface area contributed by atoms with Gasteiger partial charge in [0.15, 0.2) is 0 Å². The van der Waals surface area contributed by atoms with Crippen molar-refractivity contribution in [2.45, 2.75) is 64.9 Å². The fraction of sp³-hybridized carbons (Fsp3) is 0.750. The highest BCUT2D eigenvalue weighted by atomic mass is 16.3. The number of hydrogen-bond donors (Lipinski definition) is 1. The molecule has 2 rings (SSSR count). The van der Waals surface area contributed by atoms with Gasteiger partial charge in [0.05, 0.1) is 6.10 Å². The summed E-state index contributed by atoms with van der Waals surface area (Å²) < 4.78 is 0. The van der Waals surface area contributed by atoms with Gasteiger partial charge in [0.1, 0.15) is 0 Å². The van der Waals surface area contributed by atoms with Gasteiger partial charge in [0.25, 0.3) is 0 Å². The molecule has 17 heavy (non-hydrogen) atoms. The number of aliphatic hydroxyl groups excluding tert-OH is 1. The summed E-state index contributed by atoms with van der Waals surface area (Å²) in [4.78, 5) is 0. The molecule has 0 heterocycles. The Bertz CT molecular complexity index is 313. The van der Waals surface area contributed by atoms with Crippen molar-refractivity contribution in [1.29, 1.82) is 0 Å². The third kappa shape index (κ3) is 3.45. The molecule has 0 radical (unpaired) electrons. The van der Waals surface area contributed by atoms with E-state index in [1.807, 2.05) is 0 Å². The maximum atomic E-state index is 10.6. The van der Waals surface area contributed by atoms with Crippen LogP contribution < -0.4 is 0 Å². The van der Waals surface area contributed by atoms with E-state index in [1.54, 1.807) is 0 Å². The van der Waals surface area contributed by atoms with Crippen LogP contribution in [0, 0.1) is 11.8 Å². The molecule has 1 heteroatoms. The number of allylic oxidation sites excluding steroid dienone is 3. The maximum Gasteiger partial charge on any atom is 0.0781 e. The van der Waals surface area contributed by atoms with Gasteiger partial charge < -0.3 is 5.11 Å². The van der Waals surface area contributed by atoms with E-state index < -0.39 is 0 Å². The highest BCUT2D eigenvalue weighted by Gasteiger charge is 2.27. The van der Waals surface area contributed by atoms with Crippen molar-refractivity contribution in [3.05, 3.63) is 23.3 Å². The standard InChI is InChI=1S/C16H26O/c1-12-9-13(2)11-15(10-12)16(17)14-7-5-3-4-6-8-14/h7,9,12,15-17H,3-6,8,10-11H2,1-2H3. The third-order valence-corrected chi connectivity index (χ3v) is 4.23. The Kier molecular flexibility index (Phi) is 4.44. The summed E-state index contributed by atoms with van der Waals surface area (Å²) >= 11 is 0. The highest BCUT2D eigenvalue weighted by Crippen LogP contribution is 2.34. The van der Waals surface area contributed by atoms with Crippen molar-refractivity contribution in [1.82, 2.24) is 0 Å². The van der Waals surface area contributed by atoms with Gasteiger partial charge in [-0.05, 0) is 62.9 Å². The van der Waals surface area contributed by atoms with E-state index in [-0.39, 0.29) is 6.10 Å². The number of hydrogen-bond acceptors (Lipinski definition) is 1. The lowest BCUT2D eigenvalue weighted by Crippen LogP contribution is -2.27. The second kappa shape index (κ2) is 5.86. The molecule has 0 amide bonds. The Morgan fingerprint density at radius 3 is 2.88 bits per heavy atom. The van der Waals surface area contributed by atoms with Crippen molar-refractivity contribution >= 4 is 0 Å². The minimum Gasteiger partial charge on any atom is -0.388 e. The van der Waals surface area contributed by atoms with E-state index in [4.69, 9.17) is 0 Å². The first-order valence-corrected chi connectivity index (χ1v) is 7.21. The summed E-state index contributed by atoms with van der Waals surface area (Å²) in [7, 11) is 0. The monoisotopic (exact) mass is 234 g/mol. The average Bonchev–Trinajstić information content (AvgIpc) is 2.55. The van der Waals surface area contributed by atoms with E-state index in [9.17, 15) is 5.11 Å². The van der Waals surface area contributed by atoms with Gasteiger partial charge in [0.2, 0.25) is 0 Å². The number of rotatable bonds is 2. The van der Waals surface area contributed by atoms with Crippen molar-refractivity contribution in [2.75, 3.05) is 0 Å². The molecule has 0 aromatic rings. The molecule has 0 bridgehead atoms. The van der Waals surface area contributed by atoms with Gasteiger partial charge in [0, 0.05) is 0 Å². The van der Waals surface area contributed by atoms with Crippen LogP contribution in [0.15, 0.2) is 23.3 Å². The summed E-state index contributed by atoms with van der Waals surface area (Å²) in [5, 5.41) is 10.6. The van der Waals surface area contributed by atoms with Crippen LogP contribution >= 0.6 is 0 Å². The Labute approximate surface area is 106 Å². The zero-order valence-electron chi connectivity index (χ0n) is 11.3. The number of aliphatic hydroxyl groups is 1. The normalized spacial score (nSPS) is 32.4. The Morgan fingerprint density at radius 1 is 1.29 bits per heavy atom. The molecule has 3 atom stereocenters. The lowest BCUT2D eigenvalue weighted by Gasteiger charge is -2.30. The summed E-state index contributed by atoms with van der Waals surface area (Å²) in [6.45, 7) is 4.47. The smallest absolute Gasteiger partial charge is 0.0781 e. The summed E-state index contributed by atoms with van der Waals surface area (Å²) in [6.07, 6.45) is 12.9. The first-order chi connectivity index (χ1) is 8.16. The predicted octanol–water partition coefficient (Wildman–Crippen LogP) is 4.23. The third-order valence-electron chi connectivity index (χ3n) is 4.23. The molecule has 2 aliphatic carbocycles. The molecule has 2 aliphatic rings. The van der Waals surface area contributed by atoms with Gasteiger partial charge in [-0.15, -0.1) is 0 Å². The van der Waals surface area contributed by atoms with Crippen LogP contribution in [0.4, 0.5) is 0 Å². The molecule has 1 nitrogen and oxygen atoms in total. The van der Waals surface area contributed by atoms with Crippen LogP contribution in [0.5, 0.6) is 0 Å². The van der Waals surface area contributed by atoms with Gasteiger partial charge >= 0.3 is 0 Å². The zero-order chi connectivity index (χ0) is 12.3. The minimum absolute atomic E-state index is 0.181. The molecular formula is C16H26O. The summed E-state index contributed by atoms with van der Waals surface area (Å²) in [6, 6.07) is 0. The van der Waals surface area contributed by atoms with Crippen molar-refractivity contribution in [3.8, 4) is 0 Å².